The third-order valence-electron chi connectivity index (χ3n) is 7.73. The zero-order valence-electron chi connectivity index (χ0n) is 22.2. The summed E-state index contributed by atoms with van der Waals surface area (Å²) in [6.07, 6.45) is 7.34. The number of imidazole rings is 1. The molecule has 2 aliphatic rings. The lowest BCUT2D eigenvalue weighted by atomic mass is 9.97. The maximum Gasteiger partial charge on any atom is 0.245 e. The van der Waals surface area contributed by atoms with Crippen LogP contribution in [0.25, 0.3) is 11.3 Å². The fourth-order valence-corrected chi connectivity index (χ4v) is 7.24. The van der Waals surface area contributed by atoms with E-state index in [1.54, 1.807) is 34.9 Å². The molecule has 2 aromatic heterocycles. The van der Waals surface area contributed by atoms with Gasteiger partial charge in [0.1, 0.15) is 16.5 Å². The van der Waals surface area contributed by atoms with Gasteiger partial charge in [0.25, 0.3) is 0 Å². The van der Waals surface area contributed by atoms with Crippen LogP contribution in [0.4, 0.5) is 10.2 Å². The van der Waals surface area contributed by atoms with E-state index in [1.165, 1.54) is 18.3 Å². The lowest BCUT2D eigenvalue weighted by Crippen LogP contribution is -2.36. The van der Waals surface area contributed by atoms with E-state index in [0.29, 0.717) is 26.3 Å². The summed E-state index contributed by atoms with van der Waals surface area (Å²) in [4.78, 5) is 11.2. The predicted octanol–water partition coefficient (Wildman–Crippen LogP) is 4.69. The number of pyridine rings is 1. The van der Waals surface area contributed by atoms with Crippen LogP contribution in [0.5, 0.6) is 0 Å². The van der Waals surface area contributed by atoms with Crippen molar-refractivity contribution < 1.29 is 17.5 Å². The van der Waals surface area contributed by atoms with E-state index in [4.69, 9.17) is 4.74 Å². The minimum absolute atomic E-state index is 0.207. The van der Waals surface area contributed by atoms with Gasteiger partial charge in [0.2, 0.25) is 10.0 Å². The van der Waals surface area contributed by atoms with Gasteiger partial charge < -0.3 is 14.2 Å². The molecule has 2 aromatic carbocycles. The van der Waals surface area contributed by atoms with Crippen molar-refractivity contribution >= 4 is 15.8 Å². The van der Waals surface area contributed by atoms with Crippen molar-refractivity contribution in [2.24, 2.45) is 0 Å². The molecule has 0 aliphatic carbocycles. The van der Waals surface area contributed by atoms with E-state index in [1.807, 2.05) is 30.5 Å². The number of rotatable bonds is 8. The number of morpholine rings is 1. The van der Waals surface area contributed by atoms with Gasteiger partial charge in [-0.3, -0.25) is 0 Å². The van der Waals surface area contributed by atoms with Crippen molar-refractivity contribution in [1.29, 1.82) is 0 Å². The zero-order valence-corrected chi connectivity index (χ0v) is 23.0. The summed E-state index contributed by atoms with van der Waals surface area (Å²) in [5.74, 6) is 0.514. The molecule has 0 spiro atoms. The van der Waals surface area contributed by atoms with E-state index in [-0.39, 0.29) is 16.8 Å². The largest absolute Gasteiger partial charge is 0.378 e. The number of sulfonamides is 1. The van der Waals surface area contributed by atoms with Crippen molar-refractivity contribution in [3.05, 3.63) is 96.3 Å². The second-order valence-corrected chi connectivity index (χ2v) is 12.1. The van der Waals surface area contributed by atoms with Gasteiger partial charge in [-0.15, -0.1) is 0 Å². The average molecular weight is 562 g/mol. The van der Waals surface area contributed by atoms with Crippen LogP contribution in [0, 0.1) is 5.82 Å². The summed E-state index contributed by atoms with van der Waals surface area (Å²) in [6, 6.07) is 17.7. The molecule has 4 aromatic rings. The molecular formula is C30H32FN5O3S. The highest BCUT2D eigenvalue weighted by molar-refractivity contribution is 7.89. The van der Waals surface area contributed by atoms with E-state index in [2.05, 4.69) is 19.4 Å². The number of benzene rings is 2. The van der Waals surface area contributed by atoms with Crippen LogP contribution < -0.4 is 4.90 Å². The first-order valence-corrected chi connectivity index (χ1v) is 15.1. The van der Waals surface area contributed by atoms with E-state index in [9.17, 15) is 12.8 Å². The third-order valence-corrected chi connectivity index (χ3v) is 9.62. The first-order chi connectivity index (χ1) is 19.5. The Labute approximate surface area is 234 Å². The highest BCUT2D eigenvalue weighted by Crippen LogP contribution is 2.40. The van der Waals surface area contributed by atoms with Gasteiger partial charge in [-0.1, -0.05) is 36.4 Å². The Hall–Kier alpha value is -3.60. The van der Waals surface area contributed by atoms with Crippen molar-refractivity contribution in [3.63, 3.8) is 0 Å². The molecule has 0 bridgehead atoms. The standard InChI is InChI=1S/C30H32FN5O3S/c31-24-9-7-23(8-10-24)13-15-35-22-32-21-29(35)27-5-2-1-4-26(27)28-6-3-14-36(28)40(37,38)25-11-12-30(33-20-25)34-16-18-39-19-17-34/h1-2,4-5,7-12,20-22,28H,3,6,13-19H2. The molecule has 0 N–H and O–H groups in total. The fourth-order valence-electron chi connectivity index (χ4n) is 5.62. The maximum absolute atomic E-state index is 13.9. The Balaban J connectivity index is 1.25. The Morgan fingerprint density at radius 3 is 2.52 bits per heavy atom. The molecule has 0 amide bonds. The average Bonchev–Trinajstić information content (AvgIpc) is 3.68. The van der Waals surface area contributed by atoms with Gasteiger partial charge in [0.15, 0.2) is 0 Å². The predicted molar refractivity (Wildman–Crippen MR) is 151 cm³/mol. The van der Waals surface area contributed by atoms with Gasteiger partial charge in [0.05, 0.1) is 37.5 Å². The normalized spacial score (nSPS) is 18.3. The third kappa shape index (κ3) is 5.39. The Bertz CT molecular complexity index is 1550. The van der Waals surface area contributed by atoms with E-state index >= 15 is 0 Å². The lowest BCUT2D eigenvalue weighted by Gasteiger charge is -2.28. The van der Waals surface area contributed by atoms with E-state index < -0.39 is 10.0 Å². The van der Waals surface area contributed by atoms with Gasteiger partial charge in [-0.25, -0.2) is 22.8 Å². The number of aryl methyl sites for hydroxylation is 2. The minimum Gasteiger partial charge on any atom is -0.378 e. The topological polar surface area (TPSA) is 80.6 Å². The summed E-state index contributed by atoms with van der Waals surface area (Å²) in [6.45, 7) is 3.89. The smallest absolute Gasteiger partial charge is 0.245 e. The maximum atomic E-state index is 13.9. The number of halogens is 1. The minimum atomic E-state index is -3.75. The molecule has 2 saturated heterocycles. The molecule has 0 saturated carbocycles. The lowest BCUT2D eigenvalue weighted by molar-refractivity contribution is 0.122. The highest BCUT2D eigenvalue weighted by Gasteiger charge is 2.37. The SMILES string of the molecule is O=S(=O)(c1ccc(N2CCOCC2)nc1)N1CCCC1c1ccccc1-c1cncn1CCc1ccc(F)cc1. The van der Waals surface area contributed by atoms with Crippen LogP contribution in [0.2, 0.25) is 0 Å². The Morgan fingerprint density at radius 1 is 0.950 bits per heavy atom. The molecule has 10 heteroatoms. The summed E-state index contributed by atoms with van der Waals surface area (Å²) in [5.41, 5.74) is 3.89. The first-order valence-electron chi connectivity index (χ1n) is 13.7. The van der Waals surface area contributed by atoms with E-state index in [0.717, 1.165) is 60.6 Å². The monoisotopic (exact) mass is 561 g/mol. The molecule has 2 aliphatic heterocycles. The number of nitrogens with zero attached hydrogens (tertiary/aromatic N) is 5. The molecule has 6 rings (SSSR count). The van der Waals surface area contributed by atoms with Crippen LogP contribution in [-0.4, -0.2) is 60.1 Å². The quantitative estimate of drug-likeness (QED) is 0.311. The van der Waals surface area contributed by atoms with Crippen molar-refractivity contribution in [1.82, 2.24) is 18.8 Å². The second-order valence-electron chi connectivity index (χ2n) is 10.2. The molecule has 208 valence electrons. The van der Waals surface area contributed by atoms with Crippen molar-refractivity contribution in [2.75, 3.05) is 37.7 Å². The van der Waals surface area contributed by atoms with Crippen LogP contribution in [-0.2, 0) is 27.7 Å². The molecule has 2 fully saturated rings. The zero-order chi connectivity index (χ0) is 27.5. The summed E-state index contributed by atoms with van der Waals surface area (Å²) < 4.78 is 50.2. The molecule has 1 atom stereocenters. The molecular weight excluding hydrogens is 529 g/mol. The van der Waals surface area contributed by atoms with Crippen molar-refractivity contribution in [2.45, 2.75) is 36.7 Å². The first kappa shape index (κ1) is 26.6. The Morgan fingerprint density at radius 2 is 1.75 bits per heavy atom. The van der Waals surface area contributed by atoms with Crippen LogP contribution in [0.3, 0.4) is 0 Å². The number of aromatic nitrogens is 3. The number of anilines is 1. The fraction of sp³-hybridized carbons (Fsp3) is 0.333. The van der Waals surface area contributed by atoms with Crippen molar-refractivity contribution in [3.8, 4) is 11.3 Å². The Kier molecular flexibility index (Phi) is 7.64. The van der Waals surface area contributed by atoms with Gasteiger partial charge in [-0.05, 0) is 54.7 Å². The summed E-state index contributed by atoms with van der Waals surface area (Å²) in [7, 11) is -3.75. The molecule has 8 nitrogen and oxygen atoms in total. The molecule has 1 unspecified atom stereocenters. The number of ether oxygens (including phenoxy) is 1. The van der Waals surface area contributed by atoms with Crippen LogP contribution in [0.1, 0.15) is 30.0 Å². The molecule has 0 radical (unpaired) electrons. The van der Waals surface area contributed by atoms with Gasteiger partial charge in [-0.2, -0.15) is 4.31 Å². The highest BCUT2D eigenvalue weighted by atomic mass is 32.2. The summed E-state index contributed by atoms with van der Waals surface area (Å²) in [5, 5.41) is 0. The van der Waals surface area contributed by atoms with Crippen LogP contribution >= 0.6 is 0 Å². The van der Waals surface area contributed by atoms with Gasteiger partial charge >= 0.3 is 0 Å². The summed E-state index contributed by atoms with van der Waals surface area (Å²) >= 11 is 0. The number of hydrogen-bond acceptors (Lipinski definition) is 6. The number of hydrogen-bond donors (Lipinski definition) is 0. The van der Waals surface area contributed by atoms with Gasteiger partial charge in [0, 0.05) is 37.9 Å². The van der Waals surface area contributed by atoms with Crippen LogP contribution in [0.15, 0.2) is 84.3 Å². The molecule has 4 heterocycles. The molecule has 40 heavy (non-hydrogen) atoms. The second kappa shape index (κ2) is 11.5.